The third-order valence-electron chi connectivity index (χ3n) is 4.19. The van der Waals surface area contributed by atoms with E-state index in [2.05, 4.69) is 17.1 Å². The summed E-state index contributed by atoms with van der Waals surface area (Å²) in [4.78, 5) is 29.5. The topological polar surface area (TPSA) is 52.7 Å². The summed E-state index contributed by atoms with van der Waals surface area (Å²) in [5.41, 5.74) is 0.878. The molecule has 1 atom stereocenters. The van der Waals surface area contributed by atoms with Gasteiger partial charge < -0.3 is 15.1 Å². The lowest BCUT2D eigenvalue weighted by Gasteiger charge is -2.18. The molecule has 0 spiro atoms. The highest BCUT2D eigenvalue weighted by atomic mass is 32.2. The van der Waals surface area contributed by atoms with Crippen LogP contribution in [0.25, 0.3) is 0 Å². The Kier molecular flexibility index (Phi) is 6.47. The van der Waals surface area contributed by atoms with Crippen LogP contribution in [0.3, 0.4) is 0 Å². The summed E-state index contributed by atoms with van der Waals surface area (Å²) in [5.74, 6) is -0.257. The van der Waals surface area contributed by atoms with Gasteiger partial charge in [-0.1, -0.05) is 13.0 Å². The predicted octanol–water partition coefficient (Wildman–Crippen LogP) is 1.83. The average molecular weight is 335 g/mol. The minimum Gasteiger partial charge on any atom is -0.355 e. The standard InChI is InChI=1S/C17H25N3O2S/c1-4-19(2)9-8-18-17(22)13-10-16(21)20(12-13)14-6-5-7-15(11-14)23-3/h5-7,11,13H,4,8-10,12H2,1-3H3,(H,18,22)/t13-/m1/s1. The number of hydrogen-bond donors (Lipinski definition) is 1. The first-order valence-electron chi connectivity index (χ1n) is 7.95. The zero-order valence-electron chi connectivity index (χ0n) is 14.0. The van der Waals surface area contributed by atoms with Gasteiger partial charge in [0.1, 0.15) is 0 Å². The number of benzene rings is 1. The third kappa shape index (κ3) is 4.72. The molecule has 1 N–H and O–H groups in total. The lowest BCUT2D eigenvalue weighted by Crippen LogP contribution is -2.37. The van der Waals surface area contributed by atoms with E-state index in [1.165, 1.54) is 0 Å². The summed E-state index contributed by atoms with van der Waals surface area (Å²) in [6, 6.07) is 7.89. The fourth-order valence-corrected chi connectivity index (χ4v) is 3.04. The molecule has 0 radical (unpaired) electrons. The fraction of sp³-hybridized carbons (Fsp3) is 0.529. The molecule has 1 aromatic carbocycles. The molecule has 0 aliphatic carbocycles. The van der Waals surface area contributed by atoms with Gasteiger partial charge in [-0.2, -0.15) is 0 Å². The van der Waals surface area contributed by atoms with E-state index in [4.69, 9.17) is 0 Å². The molecule has 5 nitrogen and oxygen atoms in total. The Morgan fingerprint density at radius 2 is 2.26 bits per heavy atom. The second-order valence-electron chi connectivity index (χ2n) is 5.79. The molecule has 1 heterocycles. The molecule has 126 valence electrons. The highest BCUT2D eigenvalue weighted by Crippen LogP contribution is 2.28. The predicted molar refractivity (Wildman–Crippen MR) is 94.9 cm³/mol. The summed E-state index contributed by atoms with van der Waals surface area (Å²) < 4.78 is 0. The van der Waals surface area contributed by atoms with Crippen molar-refractivity contribution in [2.75, 3.05) is 44.4 Å². The van der Waals surface area contributed by atoms with Crippen molar-refractivity contribution in [2.45, 2.75) is 18.2 Å². The van der Waals surface area contributed by atoms with E-state index in [-0.39, 0.29) is 17.7 Å². The van der Waals surface area contributed by atoms with E-state index in [0.29, 0.717) is 19.5 Å². The Morgan fingerprint density at radius 1 is 1.48 bits per heavy atom. The number of likely N-dealkylation sites (N-methyl/N-ethyl adjacent to an activating group) is 1. The Bertz CT molecular complexity index is 565. The second-order valence-corrected chi connectivity index (χ2v) is 6.67. The SMILES string of the molecule is CCN(C)CCNC(=O)[C@@H]1CC(=O)N(c2cccc(SC)c2)C1. The van der Waals surface area contributed by atoms with Crippen molar-refractivity contribution in [1.29, 1.82) is 0 Å². The second kappa shape index (κ2) is 8.36. The van der Waals surface area contributed by atoms with Crippen LogP contribution in [0.15, 0.2) is 29.2 Å². The normalized spacial score (nSPS) is 17.8. The number of carbonyl (C=O) groups is 2. The number of nitrogens with one attached hydrogen (secondary N) is 1. The van der Waals surface area contributed by atoms with Crippen LogP contribution < -0.4 is 10.2 Å². The first-order chi connectivity index (χ1) is 11.0. The van der Waals surface area contributed by atoms with Gasteiger partial charge in [-0.05, 0) is 38.0 Å². The van der Waals surface area contributed by atoms with E-state index in [1.54, 1.807) is 16.7 Å². The van der Waals surface area contributed by atoms with Crippen molar-refractivity contribution < 1.29 is 9.59 Å². The average Bonchev–Trinajstić information content (AvgIpc) is 2.96. The fourth-order valence-electron chi connectivity index (χ4n) is 2.58. The van der Waals surface area contributed by atoms with Crippen LogP contribution in [0.1, 0.15) is 13.3 Å². The molecular weight excluding hydrogens is 310 g/mol. The quantitative estimate of drug-likeness (QED) is 0.773. The van der Waals surface area contributed by atoms with Crippen LogP contribution >= 0.6 is 11.8 Å². The maximum Gasteiger partial charge on any atom is 0.227 e. The molecule has 2 rings (SSSR count). The Labute approximate surface area is 142 Å². The van der Waals surface area contributed by atoms with Crippen molar-refractivity contribution >= 4 is 29.3 Å². The van der Waals surface area contributed by atoms with Crippen molar-refractivity contribution in [3.05, 3.63) is 24.3 Å². The number of anilines is 1. The minimum absolute atomic E-state index is 0.0219. The summed E-state index contributed by atoms with van der Waals surface area (Å²) in [5, 5.41) is 2.94. The lowest BCUT2D eigenvalue weighted by atomic mass is 10.1. The number of hydrogen-bond acceptors (Lipinski definition) is 4. The maximum atomic E-state index is 12.2. The van der Waals surface area contributed by atoms with Gasteiger partial charge in [-0.15, -0.1) is 11.8 Å². The first kappa shape index (κ1) is 17.8. The van der Waals surface area contributed by atoms with Crippen LogP contribution in [0.2, 0.25) is 0 Å². The molecule has 0 unspecified atom stereocenters. The summed E-state index contributed by atoms with van der Waals surface area (Å²) in [6.07, 6.45) is 2.30. The summed E-state index contributed by atoms with van der Waals surface area (Å²) >= 11 is 1.64. The number of amides is 2. The van der Waals surface area contributed by atoms with Gasteiger partial charge in [-0.25, -0.2) is 0 Å². The van der Waals surface area contributed by atoms with Crippen LogP contribution in [-0.4, -0.2) is 56.2 Å². The van der Waals surface area contributed by atoms with E-state index in [9.17, 15) is 9.59 Å². The highest BCUT2D eigenvalue weighted by molar-refractivity contribution is 7.98. The third-order valence-corrected chi connectivity index (χ3v) is 4.92. The van der Waals surface area contributed by atoms with E-state index in [1.807, 2.05) is 37.6 Å². The molecule has 1 fully saturated rings. The van der Waals surface area contributed by atoms with E-state index in [0.717, 1.165) is 23.7 Å². The molecular formula is C17H25N3O2S. The molecule has 1 saturated heterocycles. The van der Waals surface area contributed by atoms with Crippen molar-refractivity contribution in [1.82, 2.24) is 10.2 Å². The molecule has 0 saturated carbocycles. The van der Waals surface area contributed by atoms with Gasteiger partial charge in [0.2, 0.25) is 11.8 Å². The van der Waals surface area contributed by atoms with Gasteiger partial charge in [0, 0.05) is 36.6 Å². The number of thioether (sulfide) groups is 1. The largest absolute Gasteiger partial charge is 0.355 e. The number of carbonyl (C=O) groups excluding carboxylic acids is 2. The van der Waals surface area contributed by atoms with Gasteiger partial charge in [0.05, 0.1) is 5.92 Å². The lowest BCUT2D eigenvalue weighted by molar-refractivity contribution is -0.126. The van der Waals surface area contributed by atoms with Crippen LogP contribution in [0, 0.1) is 5.92 Å². The van der Waals surface area contributed by atoms with Gasteiger partial charge in [0.15, 0.2) is 0 Å². The van der Waals surface area contributed by atoms with Crippen molar-refractivity contribution in [3.8, 4) is 0 Å². The number of nitrogens with zero attached hydrogens (tertiary/aromatic N) is 2. The molecule has 6 heteroatoms. The Hall–Kier alpha value is -1.53. The molecule has 1 aromatic rings. The maximum absolute atomic E-state index is 12.2. The molecule has 1 aliphatic rings. The summed E-state index contributed by atoms with van der Waals surface area (Å²) in [6.45, 7) is 4.94. The molecule has 0 bridgehead atoms. The zero-order valence-corrected chi connectivity index (χ0v) is 14.9. The highest BCUT2D eigenvalue weighted by Gasteiger charge is 2.34. The zero-order chi connectivity index (χ0) is 16.8. The van der Waals surface area contributed by atoms with Crippen molar-refractivity contribution in [3.63, 3.8) is 0 Å². The van der Waals surface area contributed by atoms with Gasteiger partial charge in [-0.3, -0.25) is 9.59 Å². The number of rotatable bonds is 7. The van der Waals surface area contributed by atoms with E-state index >= 15 is 0 Å². The Morgan fingerprint density at radius 3 is 2.96 bits per heavy atom. The van der Waals surface area contributed by atoms with E-state index < -0.39 is 0 Å². The van der Waals surface area contributed by atoms with Crippen LogP contribution in [-0.2, 0) is 9.59 Å². The van der Waals surface area contributed by atoms with Crippen LogP contribution in [0.4, 0.5) is 5.69 Å². The van der Waals surface area contributed by atoms with Crippen LogP contribution in [0.5, 0.6) is 0 Å². The Balaban J connectivity index is 1.92. The molecule has 0 aromatic heterocycles. The van der Waals surface area contributed by atoms with Gasteiger partial charge in [0.25, 0.3) is 0 Å². The van der Waals surface area contributed by atoms with Gasteiger partial charge >= 0.3 is 0 Å². The first-order valence-corrected chi connectivity index (χ1v) is 9.18. The summed E-state index contributed by atoms with van der Waals surface area (Å²) in [7, 11) is 2.02. The smallest absolute Gasteiger partial charge is 0.227 e. The molecule has 23 heavy (non-hydrogen) atoms. The van der Waals surface area contributed by atoms with Crippen molar-refractivity contribution in [2.24, 2.45) is 5.92 Å². The minimum atomic E-state index is -0.257. The molecule has 2 amide bonds. The monoisotopic (exact) mass is 335 g/mol. The molecule has 1 aliphatic heterocycles.